The van der Waals surface area contributed by atoms with Crippen molar-refractivity contribution in [3.8, 4) is 0 Å². The van der Waals surface area contributed by atoms with Crippen LogP contribution in [-0.4, -0.2) is 16.8 Å². The lowest BCUT2D eigenvalue weighted by Crippen LogP contribution is -2.23. The van der Waals surface area contributed by atoms with Crippen LogP contribution in [0.25, 0.3) is 0 Å². The molecule has 1 N–H and O–H groups in total. The van der Waals surface area contributed by atoms with E-state index in [-0.39, 0.29) is 5.56 Å². The van der Waals surface area contributed by atoms with E-state index in [0.717, 1.165) is 35.3 Å². The molecule has 1 atom stereocenters. The van der Waals surface area contributed by atoms with Crippen LogP contribution in [0.3, 0.4) is 0 Å². The highest BCUT2D eigenvalue weighted by molar-refractivity contribution is 9.10. The van der Waals surface area contributed by atoms with Crippen LogP contribution in [0.4, 0.5) is 8.78 Å². The second kappa shape index (κ2) is 6.45. The summed E-state index contributed by atoms with van der Waals surface area (Å²) in [6.45, 7) is 2.76. The Balaban J connectivity index is 2.52. The fourth-order valence-electron chi connectivity index (χ4n) is 2.22. The van der Waals surface area contributed by atoms with E-state index in [1.807, 2.05) is 6.92 Å². The Bertz CT molecular complexity index is 598. The van der Waals surface area contributed by atoms with Crippen molar-refractivity contribution in [2.75, 3.05) is 7.05 Å². The zero-order chi connectivity index (χ0) is 14.7. The Morgan fingerprint density at radius 2 is 2.15 bits per heavy atom. The van der Waals surface area contributed by atoms with Gasteiger partial charge in [-0.3, -0.25) is 4.68 Å². The summed E-state index contributed by atoms with van der Waals surface area (Å²) >= 11 is 3.43. The summed E-state index contributed by atoms with van der Waals surface area (Å²) in [4.78, 5) is 0. The Morgan fingerprint density at radius 1 is 1.40 bits per heavy atom. The molecule has 1 heterocycles. The van der Waals surface area contributed by atoms with Crippen molar-refractivity contribution < 1.29 is 8.78 Å². The van der Waals surface area contributed by atoms with Gasteiger partial charge in [-0.05, 0) is 47.6 Å². The summed E-state index contributed by atoms with van der Waals surface area (Å²) in [5.41, 5.74) is 1.06. The van der Waals surface area contributed by atoms with Gasteiger partial charge in [-0.25, -0.2) is 8.78 Å². The van der Waals surface area contributed by atoms with E-state index < -0.39 is 17.7 Å². The zero-order valence-corrected chi connectivity index (χ0v) is 12.9. The lowest BCUT2D eigenvalue weighted by Gasteiger charge is -2.20. The van der Waals surface area contributed by atoms with Gasteiger partial charge in [-0.1, -0.05) is 6.92 Å². The lowest BCUT2D eigenvalue weighted by atomic mass is 10.0. The number of aromatic nitrogens is 2. The summed E-state index contributed by atoms with van der Waals surface area (Å²) < 4.78 is 30.0. The first-order chi connectivity index (χ1) is 9.58. The number of rotatable bonds is 5. The third kappa shape index (κ3) is 2.91. The number of halogens is 3. The highest BCUT2D eigenvalue weighted by Crippen LogP contribution is 2.30. The first-order valence-electron chi connectivity index (χ1n) is 6.41. The Kier molecular flexibility index (Phi) is 4.88. The average molecular weight is 344 g/mol. The van der Waals surface area contributed by atoms with Crippen LogP contribution in [-0.2, 0) is 6.54 Å². The molecule has 0 aliphatic rings. The van der Waals surface area contributed by atoms with Crippen molar-refractivity contribution in [3.63, 3.8) is 0 Å². The SMILES string of the molecule is CCCn1ncc(Br)c1C(NC)c1cc(F)ccc1F. The molecule has 0 amide bonds. The lowest BCUT2D eigenvalue weighted by molar-refractivity contribution is 0.509. The van der Waals surface area contributed by atoms with Gasteiger partial charge in [0.1, 0.15) is 11.6 Å². The summed E-state index contributed by atoms with van der Waals surface area (Å²) in [6, 6.07) is 3.01. The van der Waals surface area contributed by atoms with Gasteiger partial charge >= 0.3 is 0 Å². The molecule has 1 unspecified atom stereocenters. The minimum atomic E-state index is -0.464. The van der Waals surface area contributed by atoms with Crippen molar-refractivity contribution in [2.45, 2.75) is 25.9 Å². The van der Waals surface area contributed by atoms with Crippen LogP contribution in [0, 0.1) is 11.6 Å². The zero-order valence-electron chi connectivity index (χ0n) is 11.3. The molecule has 2 aromatic rings. The predicted octanol–water partition coefficient (Wildman–Crippen LogP) is 3.64. The molecule has 0 spiro atoms. The molecule has 20 heavy (non-hydrogen) atoms. The molecule has 0 bridgehead atoms. The molecule has 0 aliphatic heterocycles. The maximum Gasteiger partial charge on any atom is 0.128 e. The van der Waals surface area contributed by atoms with Crippen molar-refractivity contribution >= 4 is 15.9 Å². The summed E-state index contributed by atoms with van der Waals surface area (Å²) in [5.74, 6) is -0.902. The molecule has 6 heteroatoms. The van der Waals surface area contributed by atoms with E-state index in [1.165, 1.54) is 6.07 Å². The van der Waals surface area contributed by atoms with Gasteiger partial charge in [0.2, 0.25) is 0 Å². The molecular formula is C14H16BrF2N3. The van der Waals surface area contributed by atoms with Gasteiger partial charge in [0, 0.05) is 12.1 Å². The minimum absolute atomic E-state index is 0.269. The Hall–Kier alpha value is -1.27. The molecule has 0 fully saturated rings. The third-order valence-corrected chi connectivity index (χ3v) is 3.71. The normalized spacial score (nSPS) is 12.7. The number of hydrogen-bond donors (Lipinski definition) is 1. The van der Waals surface area contributed by atoms with Gasteiger partial charge in [0.05, 0.1) is 22.4 Å². The third-order valence-electron chi connectivity index (χ3n) is 3.10. The summed E-state index contributed by atoms with van der Waals surface area (Å²) in [5, 5.41) is 7.30. The first kappa shape index (κ1) is 15.1. The van der Waals surface area contributed by atoms with Gasteiger partial charge in [0.25, 0.3) is 0 Å². The maximum atomic E-state index is 14.0. The smallest absolute Gasteiger partial charge is 0.128 e. The van der Waals surface area contributed by atoms with Gasteiger partial charge in [-0.2, -0.15) is 5.10 Å². The van der Waals surface area contributed by atoms with E-state index in [2.05, 4.69) is 26.3 Å². The second-order valence-corrected chi connectivity index (χ2v) is 5.34. The fraction of sp³-hybridized carbons (Fsp3) is 0.357. The molecule has 1 aromatic carbocycles. The molecule has 0 radical (unpaired) electrons. The molecule has 1 aromatic heterocycles. The van der Waals surface area contributed by atoms with E-state index in [4.69, 9.17) is 0 Å². The fourth-order valence-corrected chi connectivity index (χ4v) is 2.75. The van der Waals surface area contributed by atoms with Crippen LogP contribution in [0.1, 0.15) is 30.6 Å². The Labute approximate surface area is 125 Å². The number of aryl methyl sites for hydroxylation is 1. The van der Waals surface area contributed by atoms with Gasteiger partial charge in [-0.15, -0.1) is 0 Å². The van der Waals surface area contributed by atoms with Crippen LogP contribution in [0.5, 0.6) is 0 Å². The van der Waals surface area contributed by atoms with Crippen molar-refractivity contribution in [1.29, 1.82) is 0 Å². The second-order valence-electron chi connectivity index (χ2n) is 4.49. The van der Waals surface area contributed by atoms with Crippen molar-refractivity contribution in [3.05, 3.63) is 51.8 Å². The minimum Gasteiger partial charge on any atom is -0.308 e. The van der Waals surface area contributed by atoms with Crippen LogP contribution < -0.4 is 5.32 Å². The number of nitrogens with zero attached hydrogens (tertiary/aromatic N) is 2. The maximum absolute atomic E-state index is 14.0. The predicted molar refractivity (Wildman–Crippen MR) is 77.5 cm³/mol. The molecule has 3 nitrogen and oxygen atoms in total. The van der Waals surface area contributed by atoms with Crippen molar-refractivity contribution in [2.24, 2.45) is 0 Å². The van der Waals surface area contributed by atoms with Gasteiger partial charge < -0.3 is 5.32 Å². The van der Waals surface area contributed by atoms with E-state index in [0.29, 0.717) is 0 Å². The molecule has 0 saturated carbocycles. The molecule has 0 saturated heterocycles. The Morgan fingerprint density at radius 3 is 2.80 bits per heavy atom. The topological polar surface area (TPSA) is 29.9 Å². The molecule has 108 valence electrons. The quantitative estimate of drug-likeness (QED) is 0.898. The van der Waals surface area contributed by atoms with E-state index in [1.54, 1.807) is 17.9 Å². The van der Waals surface area contributed by atoms with Crippen molar-refractivity contribution in [1.82, 2.24) is 15.1 Å². The highest BCUT2D eigenvalue weighted by atomic mass is 79.9. The van der Waals surface area contributed by atoms with Gasteiger partial charge in [0.15, 0.2) is 0 Å². The molecule has 0 aliphatic carbocycles. The summed E-state index contributed by atoms with van der Waals surface area (Å²) in [6.07, 6.45) is 2.58. The first-order valence-corrected chi connectivity index (χ1v) is 7.21. The van der Waals surface area contributed by atoms with E-state index in [9.17, 15) is 8.78 Å². The van der Waals surface area contributed by atoms with Crippen LogP contribution in [0.15, 0.2) is 28.9 Å². The monoisotopic (exact) mass is 343 g/mol. The van der Waals surface area contributed by atoms with E-state index >= 15 is 0 Å². The standard InChI is InChI=1S/C14H16BrF2N3/c1-3-6-20-14(11(15)8-19-20)13(18-2)10-7-9(16)4-5-12(10)17/h4-5,7-8,13,18H,3,6H2,1-2H3. The van der Waals surface area contributed by atoms with Crippen LogP contribution in [0.2, 0.25) is 0 Å². The molecular weight excluding hydrogens is 328 g/mol. The number of hydrogen-bond acceptors (Lipinski definition) is 2. The molecule has 2 rings (SSSR count). The average Bonchev–Trinajstić information content (AvgIpc) is 2.77. The van der Waals surface area contributed by atoms with Crippen LogP contribution >= 0.6 is 15.9 Å². The number of nitrogens with one attached hydrogen (secondary N) is 1. The largest absolute Gasteiger partial charge is 0.308 e. The number of benzene rings is 1. The summed E-state index contributed by atoms with van der Waals surface area (Å²) in [7, 11) is 1.71. The highest BCUT2D eigenvalue weighted by Gasteiger charge is 2.23.